The lowest BCUT2D eigenvalue weighted by atomic mass is 10.1. The number of benzene rings is 1. The van der Waals surface area contributed by atoms with Gasteiger partial charge < -0.3 is 20.5 Å². The lowest BCUT2D eigenvalue weighted by Gasteiger charge is -2.18. The first-order valence-electron chi connectivity index (χ1n) is 7.53. The van der Waals surface area contributed by atoms with Gasteiger partial charge in [0, 0.05) is 32.0 Å². The second-order valence-corrected chi connectivity index (χ2v) is 5.59. The summed E-state index contributed by atoms with van der Waals surface area (Å²) in [6.07, 6.45) is 5.93. The number of hydrogen-bond acceptors (Lipinski definition) is 3. The second kappa shape index (κ2) is 6.51. The number of hydrogen-bond donors (Lipinski definition) is 2. The van der Waals surface area contributed by atoms with Crippen molar-refractivity contribution in [3.63, 3.8) is 0 Å². The molecule has 1 atom stereocenters. The van der Waals surface area contributed by atoms with E-state index >= 15 is 0 Å². The van der Waals surface area contributed by atoms with Crippen LogP contribution in [0.1, 0.15) is 12.0 Å². The van der Waals surface area contributed by atoms with Crippen molar-refractivity contribution in [3.8, 4) is 5.69 Å². The first-order chi connectivity index (χ1) is 11.1. The van der Waals surface area contributed by atoms with Crippen LogP contribution in [0.25, 0.3) is 5.69 Å². The Morgan fingerprint density at radius 2 is 2.17 bits per heavy atom. The van der Waals surface area contributed by atoms with Gasteiger partial charge in [-0.2, -0.15) is 0 Å². The van der Waals surface area contributed by atoms with E-state index in [1.54, 1.807) is 17.4 Å². The molecule has 120 valence electrons. The first kappa shape index (κ1) is 15.1. The summed E-state index contributed by atoms with van der Waals surface area (Å²) in [6, 6.07) is 7.64. The van der Waals surface area contributed by atoms with Crippen LogP contribution < -0.4 is 11.1 Å². The molecule has 3 N–H and O–H groups in total. The molecule has 0 aliphatic carbocycles. The summed E-state index contributed by atoms with van der Waals surface area (Å²) in [7, 11) is 0. The van der Waals surface area contributed by atoms with E-state index in [1.165, 1.54) is 0 Å². The van der Waals surface area contributed by atoms with Crippen molar-refractivity contribution in [1.29, 1.82) is 0 Å². The van der Waals surface area contributed by atoms with Crippen LogP contribution in [-0.4, -0.2) is 39.5 Å². The summed E-state index contributed by atoms with van der Waals surface area (Å²) in [5.74, 6) is -0.579. The number of urea groups is 1. The Bertz CT molecular complexity index is 698. The molecule has 0 unspecified atom stereocenters. The van der Waals surface area contributed by atoms with Crippen LogP contribution in [0.4, 0.5) is 4.79 Å². The van der Waals surface area contributed by atoms with Crippen molar-refractivity contribution < 1.29 is 9.59 Å². The number of nitrogens with zero attached hydrogens (tertiary/aromatic N) is 3. The molecule has 3 rings (SSSR count). The monoisotopic (exact) mass is 313 g/mol. The predicted octanol–water partition coefficient (Wildman–Crippen LogP) is 0.889. The summed E-state index contributed by atoms with van der Waals surface area (Å²) in [5, 5.41) is 2.90. The van der Waals surface area contributed by atoms with Gasteiger partial charge in [0.2, 0.25) is 5.91 Å². The third-order valence-corrected chi connectivity index (χ3v) is 4.08. The molecule has 7 nitrogen and oxygen atoms in total. The number of rotatable bonds is 4. The van der Waals surface area contributed by atoms with Gasteiger partial charge in [-0.1, -0.05) is 18.2 Å². The van der Waals surface area contributed by atoms with Crippen LogP contribution in [0.15, 0.2) is 43.0 Å². The first-order valence-corrected chi connectivity index (χ1v) is 7.53. The number of carbonyl (C=O) groups is 2. The predicted molar refractivity (Wildman–Crippen MR) is 84.7 cm³/mol. The average molecular weight is 313 g/mol. The maximum atomic E-state index is 12.2. The van der Waals surface area contributed by atoms with Crippen molar-refractivity contribution in [3.05, 3.63) is 48.5 Å². The molecule has 1 aromatic carbocycles. The van der Waals surface area contributed by atoms with Gasteiger partial charge in [-0.25, -0.2) is 9.78 Å². The Morgan fingerprint density at radius 3 is 2.87 bits per heavy atom. The zero-order valence-electron chi connectivity index (χ0n) is 12.7. The van der Waals surface area contributed by atoms with Crippen molar-refractivity contribution in [2.75, 3.05) is 13.1 Å². The van der Waals surface area contributed by atoms with E-state index in [4.69, 9.17) is 5.73 Å². The van der Waals surface area contributed by atoms with Crippen LogP contribution in [-0.2, 0) is 11.3 Å². The van der Waals surface area contributed by atoms with E-state index in [0.29, 0.717) is 26.1 Å². The van der Waals surface area contributed by atoms with Crippen LogP contribution in [0.5, 0.6) is 0 Å². The number of nitrogens with two attached hydrogens (primary N) is 1. The molecular weight excluding hydrogens is 294 g/mol. The summed E-state index contributed by atoms with van der Waals surface area (Å²) in [4.78, 5) is 29.1. The second-order valence-electron chi connectivity index (χ2n) is 5.59. The highest BCUT2D eigenvalue weighted by atomic mass is 16.2. The minimum absolute atomic E-state index is 0.172. The molecule has 2 aromatic rings. The lowest BCUT2D eigenvalue weighted by Crippen LogP contribution is -2.39. The van der Waals surface area contributed by atoms with Crippen LogP contribution in [0, 0.1) is 5.92 Å². The molecule has 23 heavy (non-hydrogen) atoms. The molecule has 1 saturated heterocycles. The number of carbonyl (C=O) groups excluding carboxylic acids is 2. The Balaban J connectivity index is 1.63. The fraction of sp³-hybridized carbons (Fsp3) is 0.312. The number of primary amides is 1. The number of likely N-dealkylation sites (tertiary alicyclic amines) is 1. The standard InChI is InChI=1S/C16H19N5O2/c17-15(22)13-5-7-20(10-13)16(23)19-9-12-3-1-2-4-14(12)21-8-6-18-11-21/h1-4,6,8,11,13H,5,7,9-10H2,(H2,17,22)(H,19,23)/t13-/m0/s1. The Kier molecular flexibility index (Phi) is 4.27. The molecule has 2 heterocycles. The third-order valence-electron chi connectivity index (χ3n) is 4.08. The summed E-state index contributed by atoms with van der Waals surface area (Å²) in [5.41, 5.74) is 7.26. The van der Waals surface area contributed by atoms with E-state index in [-0.39, 0.29) is 17.9 Å². The summed E-state index contributed by atoms with van der Waals surface area (Å²) in [6.45, 7) is 1.36. The highest BCUT2D eigenvalue weighted by Crippen LogP contribution is 2.17. The number of amides is 3. The van der Waals surface area contributed by atoms with E-state index < -0.39 is 0 Å². The molecule has 1 aliphatic heterocycles. The number of imidazole rings is 1. The van der Waals surface area contributed by atoms with Gasteiger partial charge in [0.15, 0.2) is 0 Å². The highest BCUT2D eigenvalue weighted by molar-refractivity contribution is 5.80. The SMILES string of the molecule is NC(=O)[C@H]1CCN(C(=O)NCc2ccccc2-n2ccnc2)C1. The van der Waals surface area contributed by atoms with Gasteiger partial charge in [0.05, 0.1) is 17.9 Å². The van der Waals surface area contributed by atoms with Crippen LogP contribution >= 0.6 is 0 Å². The van der Waals surface area contributed by atoms with Gasteiger partial charge in [0.25, 0.3) is 0 Å². The van der Waals surface area contributed by atoms with Crippen molar-refractivity contribution in [2.45, 2.75) is 13.0 Å². The maximum absolute atomic E-state index is 12.2. The van der Waals surface area contributed by atoms with E-state index in [0.717, 1.165) is 11.3 Å². The van der Waals surface area contributed by atoms with E-state index in [2.05, 4.69) is 10.3 Å². The molecule has 0 saturated carbocycles. The Morgan fingerprint density at radius 1 is 1.35 bits per heavy atom. The van der Waals surface area contributed by atoms with Crippen molar-refractivity contribution >= 4 is 11.9 Å². The molecule has 3 amide bonds. The highest BCUT2D eigenvalue weighted by Gasteiger charge is 2.29. The lowest BCUT2D eigenvalue weighted by molar-refractivity contribution is -0.121. The van der Waals surface area contributed by atoms with Gasteiger partial charge in [-0.05, 0) is 18.1 Å². The topological polar surface area (TPSA) is 93.3 Å². The zero-order chi connectivity index (χ0) is 16.2. The molecule has 0 bridgehead atoms. The fourth-order valence-electron chi connectivity index (χ4n) is 2.77. The fourth-order valence-corrected chi connectivity index (χ4v) is 2.77. The Labute approximate surface area is 134 Å². The minimum Gasteiger partial charge on any atom is -0.369 e. The maximum Gasteiger partial charge on any atom is 0.317 e. The van der Waals surface area contributed by atoms with Gasteiger partial charge >= 0.3 is 6.03 Å². The van der Waals surface area contributed by atoms with Crippen LogP contribution in [0.3, 0.4) is 0 Å². The van der Waals surface area contributed by atoms with E-state index in [9.17, 15) is 9.59 Å². The normalized spacial score (nSPS) is 17.2. The summed E-state index contributed by atoms with van der Waals surface area (Å²) >= 11 is 0. The molecule has 1 aromatic heterocycles. The average Bonchev–Trinajstić information content (AvgIpc) is 3.24. The van der Waals surface area contributed by atoms with Crippen LogP contribution in [0.2, 0.25) is 0 Å². The van der Waals surface area contributed by atoms with Crippen molar-refractivity contribution in [1.82, 2.24) is 19.8 Å². The molecule has 0 spiro atoms. The van der Waals surface area contributed by atoms with E-state index in [1.807, 2.05) is 35.0 Å². The zero-order valence-corrected chi connectivity index (χ0v) is 12.7. The number of nitrogens with one attached hydrogen (secondary N) is 1. The minimum atomic E-state index is -0.342. The van der Waals surface area contributed by atoms with Gasteiger partial charge in [0.1, 0.15) is 0 Å². The molecule has 0 radical (unpaired) electrons. The summed E-state index contributed by atoms with van der Waals surface area (Å²) < 4.78 is 1.90. The largest absolute Gasteiger partial charge is 0.369 e. The van der Waals surface area contributed by atoms with Crippen molar-refractivity contribution in [2.24, 2.45) is 11.7 Å². The molecular formula is C16H19N5O2. The van der Waals surface area contributed by atoms with Gasteiger partial charge in [-0.15, -0.1) is 0 Å². The molecule has 1 fully saturated rings. The number of para-hydroxylation sites is 1. The Hall–Kier alpha value is -2.83. The quantitative estimate of drug-likeness (QED) is 0.878. The number of aromatic nitrogens is 2. The third kappa shape index (κ3) is 3.33. The molecule has 1 aliphatic rings. The molecule has 7 heteroatoms. The smallest absolute Gasteiger partial charge is 0.317 e. The van der Waals surface area contributed by atoms with Gasteiger partial charge in [-0.3, -0.25) is 4.79 Å².